The molecule has 0 saturated heterocycles. The van der Waals surface area contributed by atoms with Crippen LogP contribution >= 0.6 is 0 Å². The number of nitrogens with zero attached hydrogens (tertiary/aromatic N) is 2. The molecule has 4 nitrogen and oxygen atoms in total. The molecule has 0 fully saturated rings. The first-order chi connectivity index (χ1) is 9.22. The highest BCUT2D eigenvalue weighted by molar-refractivity contribution is 6.30. The van der Waals surface area contributed by atoms with Crippen molar-refractivity contribution < 1.29 is 9.59 Å². The van der Waals surface area contributed by atoms with Crippen LogP contribution in [0.5, 0.6) is 0 Å². The van der Waals surface area contributed by atoms with Crippen molar-refractivity contribution in [3.05, 3.63) is 54.1 Å². The number of amides is 2. The number of carbonyl (C=O) groups excluding carboxylic acids is 2. The van der Waals surface area contributed by atoms with Gasteiger partial charge in [0.05, 0.1) is 17.3 Å². The third-order valence-corrected chi connectivity index (χ3v) is 3.07. The van der Waals surface area contributed by atoms with Crippen molar-refractivity contribution in [2.45, 2.75) is 0 Å². The standard InChI is InChI=1S/C15H8N2O2/c16-9-10-5-6-13(12-4-2-1-3-11(10)12)17-14(18)7-8-15(17)19/h1-8H. The van der Waals surface area contributed by atoms with Crippen LogP contribution in [0, 0.1) is 11.3 Å². The summed E-state index contributed by atoms with van der Waals surface area (Å²) in [6, 6.07) is 12.6. The highest BCUT2D eigenvalue weighted by atomic mass is 16.2. The van der Waals surface area contributed by atoms with Gasteiger partial charge in [-0.15, -0.1) is 0 Å². The van der Waals surface area contributed by atoms with Crippen LogP contribution in [-0.4, -0.2) is 11.8 Å². The van der Waals surface area contributed by atoms with E-state index in [9.17, 15) is 9.59 Å². The maximum absolute atomic E-state index is 11.7. The van der Waals surface area contributed by atoms with Gasteiger partial charge in [0.25, 0.3) is 11.8 Å². The van der Waals surface area contributed by atoms with Crippen molar-refractivity contribution >= 4 is 28.3 Å². The molecular formula is C15H8N2O2. The third-order valence-electron chi connectivity index (χ3n) is 3.07. The molecule has 0 radical (unpaired) electrons. The lowest BCUT2D eigenvalue weighted by Gasteiger charge is -2.16. The lowest BCUT2D eigenvalue weighted by Crippen LogP contribution is -2.29. The monoisotopic (exact) mass is 248 g/mol. The van der Waals surface area contributed by atoms with Crippen LogP contribution in [0.2, 0.25) is 0 Å². The van der Waals surface area contributed by atoms with Crippen molar-refractivity contribution in [1.82, 2.24) is 0 Å². The zero-order valence-corrected chi connectivity index (χ0v) is 9.83. The minimum atomic E-state index is -0.361. The van der Waals surface area contributed by atoms with Gasteiger partial charge in [0.2, 0.25) is 0 Å². The Balaban J connectivity index is 2.30. The smallest absolute Gasteiger partial charge is 0.258 e. The number of carbonyl (C=O) groups is 2. The van der Waals surface area contributed by atoms with Crippen LogP contribution in [0.3, 0.4) is 0 Å². The van der Waals surface area contributed by atoms with Crippen LogP contribution in [0.4, 0.5) is 5.69 Å². The Morgan fingerprint density at radius 3 is 2.16 bits per heavy atom. The lowest BCUT2D eigenvalue weighted by molar-refractivity contribution is -0.119. The zero-order valence-electron chi connectivity index (χ0n) is 9.83. The summed E-state index contributed by atoms with van der Waals surface area (Å²) in [6.07, 6.45) is 2.49. The molecule has 1 aliphatic rings. The third kappa shape index (κ3) is 1.60. The van der Waals surface area contributed by atoms with Gasteiger partial charge < -0.3 is 0 Å². The molecule has 0 saturated carbocycles. The Labute approximate surface area is 109 Å². The molecule has 2 aromatic carbocycles. The maximum atomic E-state index is 11.7. The predicted octanol–water partition coefficient (Wildman–Crippen LogP) is 2.14. The van der Waals surface area contributed by atoms with Gasteiger partial charge in [0.15, 0.2) is 0 Å². The molecule has 4 heteroatoms. The predicted molar refractivity (Wildman–Crippen MR) is 70.3 cm³/mol. The fraction of sp³-hybridized carbons (Fsp3) is 0. The number of rotatable bonds is 1. The summed E-state index contributed by atoms with van der Waals surface area (Å²) in [6.45, 7) is 0. The Morgan fingerprint density at radius 1 is 0.895 bits per heavy atom. The second-order valence-corrected chi connectivity index (χ2v) is 4.13. The van der Waals surface area contributed by atoms with Crippen LogP contribution in [0.25, 0.3) is 10.8 Å². The van der Waals surface area contributed by atoms with Crippen molar-refractivity contribution in [3.63, 3.8) is 0 Å². The Kier molecular flexibility index (Phi) is 2.39. The quantitative estimate of drug-likeness (QED) is 0.726. The summed E-state index contributed by atoms with van der Waals surface area (Å²) in [4.78, 5) is 24.6. The molecule has 0 bridgehead atoms. The maximum Gasteiger partial charge on any atom is 0.258 e. The van der Waals surface area contributed by atoms with Gasteiger partial charge in [-0.05, 0) is 12.1 Å². The summed E-state index contributed by atoms with van der Waals surface area (Å²) in [5.74, 6) is -0.722. The van der Waals surface area contributed by atoms with Gasteiger partial charge in [-0.1, -0.05) is 24.3 Å². The first-order valence-corrected chi connectivity index (χ1v) is 5.70. The topological polar surface area (TPSA) is 61.2 Å². The van der Waals surface area contributed by atoms with E-state index >= 15 is 0 Å². The highest BCUT2D eigenvalue weighted by Crippen LogP contribution is 2.30. The average Bonchev–Trinajstić information content (AvgIpc) is 2.77. The molecule has 0 aromatic heterocycles. The van der Waals surface area contributed by atoms with E-state index in [0.29, 0.717) is 16.6 Å². The first kappa shape index (κ1) is 11.2. The summed E-state index contributed by atoms with van der Waals surface area (Å²) in [5.41, 5.74) is 1.03. The number of anilines is 1. The molecule has 2 aromatic rings. The fourth-order valence-corrected chi connectivity index (χ4v) is 2.21. The van der Waals surface area contributed by atoms with Crippen molar-refractivity contribution in [2.75, 3.05) is 4.90 Å². The number of fused-ring (bicyclic) bond motifs is 1. The summed E-state index contributed by atoms with van der Waals surface area (Å²) in [5, 5.41) is 10.5. The van der Waals surface area contributed by atoms with Crippen LogP contribution in [0.1, 0.15) is 5.56 Å². The molecule has 0 N–H and O–H groups in total. The molecule has 19 heavy (non-hydrogen) atoms. The normalized spacial score (nSPS) is 14.2. The molecule has 0 aliphatic carbocycles. The lowest BCUT2D eigenvalue weighted by atomic mass is 10.0. The summed E-state index contributed by atoms with van der Waals surface area (Å²) < 4.78 is 0. The molecule has 2 amide bonds. The van der Waals surface area contributed by atoms with Crippen LogP contribution in [0.15, 0.2) is 48.6 Å². The molecule has 0 atom stereocenters. The second-order valence-electron chi connectivity index (χ2n) is 4.13. The molecule has 0 spiro atoms. The number of hydrogen-bond acceptors (Lipinski definition) is 3. The van der Waals surface area contributed by atoms with Crippen LogP contribution < -0.4 is 4.90 Å². The van der Waals surface area contributed by atoms with Crippen molar-refractivity contribution in [1.29, 1.82) is 5.26 Å². The van der Waals surface area contributed by atoms with E-state index in [1.165, 1.54) is 12.2 Å². The van der Waals surface area contributed by atoms with Gasteiger partial charge in [0, 0.05) is 22.9 Å². The van der Waals surface area contributed by atoms with Gasteiger partial charge in [-0.25, -0.2) is 4.90 Å². The number of hydrogen-bond donors (Lipinski definition) is 0. The number of benzene rings is 2. The van der Waals surface area contributed by atoms with E-state index in [4.69, 9.17) is 5.26 Å². The van der Waals surface area contributed by atoms with E-state index in [0.717, 1.165) is 10.3 Å². The average molecular weight is 248 g/mol. The zero-order chi connectivity index (χ0) is 13.4. The molecule has 1 aliphatic heterocycles. The first-order valence-electron chi connectivity index (χ1n) is 5.70. The Bertz CT molecular complexity index is 766. The molecule has 0 unspecified atom stereocenters. The highest BCUT2D eigenvalue weighted by Gasteiger charge is 2.26. The molecule has 1 heterocycles. The minimum Gasteiger partial charge on any atom is -0.269 e. The molecule has 3 rings (SSSR count). The minimum absolute atomic E-state index is 0.361. The summed E-state index contributed by atoms with van der Waals surface area (Å²) in [7, 11) is 0. The molecular weight excluding hydrogens is 240 g/mol. The van der Waals surface area contributed by atoms with Gasteiger partial charge in [0.1, 0.15) is 0 Å². The summed E-state index contributed by atoms with van der Waals surface area (Å²) >= 11 is 0. The van der Waals surface area contributed by atoms with Gasteiger partial charge in [-0.3, -0.25) is 9.59 Å². The van der Waals surface area contributed by atoms with Gasteiger partial charge >= 0.3 is 0 Å². The van der Waals surface area contributed by atoms with E-state index < -0.39 is 0 Å². The van der Waals surface area contributed by atoms with E-state index in [1.807, 2.05) is 12.1 Å². The van der Waals surface area contributed by atoms with Gasteiger partial charge in [-0.2, -0.15) is 5.26 Å². The number of nitriles is 1. The van der Waals surface area contributed by atoms with Crippen LogP contribution in [-0.2, 0) is 9.59 Å². The van der Waals surface area contributed by atoms with Crippen molar-refractivity contribution in [2.24, 2.45) is 0 Å². The second kappa shape index (κ2) is 4.07. The Morgan fingerprint density at radius 2 is 1.53 bits per heavy atom. The van der Waals surface area contributed by atoms with E-state index in [1.54, 1.807) is 24.3 Å². The fourth-order valence-electron chi connectivity index (χ4n) is 2.21. The van der Waals surface area contributed by atoms with E-state index in [2.05, 4.69) is 6.07 Å². The molecule has 90 valence electrons. The largest absolute Gasteiger partial charge is 0.269 e. The van der Waals surface area contributed by atoms with E-state index in [-0.39, 0.29) is 11.8 Å². The van der Waals surface area contributed by atoms with Crippen molar-refractivity contribution in [3.8, 4) is 6.07 Å². The Hall–Kier alpha value is -2.93. The number of imide groups is 1. The SMILES string of the molecule is N#Cc1ccc(N2C(=O)C=CC2=O)c2ccccc12.